The molecule has 0 saturated carbocycles. The van der Waals surface area contributed by atoms with Crippen LogP contribution in [-0.4, -0.2) is 25.8 Å². The third-order valence-corrected chi connectivity index (χ3v) is 3.38. The van der Waals surface area contributed by atoms with E-state index in [4.69, 9.17) is 4.74 Å². The molecule has 0 aromatic heterocycles. The van der Waals surface area contributed by atoms with Crippen molar-refractivity contribution in [1.29, 1.82) is 0 Å². The molecule has 0 aromatic carbocycles. The van der Waals surface area contributed by atoms with Crippen LogP contribution < -0.4 is 5.32 Å². The summed E-state index contributed by atoms with van der Waals surface area (Å²) in [5.41, 5.74) is 0. The van der Waals surface area contributed by atoms with Crippen LogP contribution in [-0.2, 0) is 4.74 Å². The van der Waals surface area contributed by atoms with Crippen molar-refractivity contribution < 1.29 is 4.74 Å². The minimum absolute atomic E-state index is 0.576. The van der Waals surface area contributed by atoms with Gasteiger partial charge in [-0.25, -0.2) is 0 Å². The summed E-state index contributed by atoms with van der Waals surface area (Å²) in [7, 11) is 0. The van der Waals surface area contributed by atoms with Gasteiger partial charge in [0, 0.05) is 19.1 Å². The molecule has 2 heteroatoms. The summed E-state index contributed by atoms with van der Waals surface area (Å²) in [5.74, 6) is 2.43. The predicted molar refractivity (Wildman–Crippen MR) is 49.0 cm³/mol. The highest BCUT2D eigenvalue weighted by Gasteiger charge is 2.38. The maximum Gasteiger partial charge on any atom is 0.0640 e. The fourth-order valence-corrected chi connectivity index (χ4v) is 2.45. The second-order valence-corrected chi connectivity index (χ2v) is 4.43. The minimum Gasteiger partial charge on any atom is -0.378 e. The number of rotatable bonds is 2. The van der Waals surface area contributed by atoms with Crippen molar-refractivity contribution in [2.24, 2.45) is 17.8 Å². The Labute approximate surface area is 74.7 Å². The SMILES string of the molecule is CC(C)C1CNCC1C1CCO1. The average Bonchev–Trinajstić information content (AvgIpc) is 2.31. The van der Waals surface area contributed by atoms with Crippen molar-refractivity contribution in [2.75, 3.05) is 19.7 Å². The van der Waals surface area contributed by atoms with Crippen molar-refractivity contribution in [3.63, 3.8) is 0 Å². The molecule has 2 aliphatic heterocycles. The lowest BCUT2D eigenvalue weighted by atomic mass is 9.81. The van der Waals surface area contributed by atoms with Crippen LogP contribution >= 0.6 is 0 Å². The molecule has 0 aliphatic carbocycles. The van der Waals surface area contributed by atoms with E-state index in [9.17, 15) is 0 Å². The van der Waals surface area contributed by atoms with Gasteiger partial charge in [0.05, 0.1) is 6.10 Å². The molecule has 2 nitrogen and oxygen atoms in total. The van der Waals surface area contributed by atoms with E-state index < -0.39 is 0 Å². The largest absolute Gasteiger partial charge is 0.378 e. The molecule has 70 valence electrons. The molecule has 0 amide bonds. The zero-order valence-corrected chi connectivity index (χ0v) is 8.05. The minimum atomic E-state index is 0.576. The average molecular weight is 169 g/mol. The molecule has 12 heavy (non-hydrogen) atoms. The maximum atomic E-state index is 5.56. The van der Waals surface area contributed by atoms with E-state index in [1.807, 2.05) is 0 Å². The van der Waals surface area contributed by atoms with Gasteiger partial charge in [-0.2, -0.15) is 0 Å². The standard InChI is InChI=1S/C10H19NO/c1-7(2)8-5-11-6-9(8)10-3-4-12-10/h7-11H,3-6H2,1-2H3. The topological polar surface area (TPSA) is 21.3 Å². The molecule has 3 atom stereocenters. The maximum absolute atomic E-state index is 5.56. The first-order valence-corrected chi connectivity index (χ1v) is 5.11. The van der Waals surface area contributed by atoms with Crippen molar-refractivity contribution in [3.05, 3.63) is 0 Å². The Morgan fingerprint density at radius 3 is 2.58 bits per heavy atom. The van der Waals surface area contributed by atoms with E-state index in [2.05, 4.69) is 19.2 Å². The van der Waals surface area contributed by atoms with E-state index >= 15 is 0 Å². The van der Waals surface area contributed by atoms with E-state index in [-0.39, 0.29) is 0 Å². The van der Waals surface area contributed by atoms with Gasteiger partial charge in [0.25, 0.3) is 0 Å². The fraction of sp³-hybridized carbons (Fsp3) is 1.00. The molecule has 2 aliphatic rings. The van der Waals surface area contributed by atoms with Crippen molar-refractivity contribution in [1.82, 2.24) is 5.32 Å². The monoisotopic (exact) mass is 169 g/mol. The van der Waals surface area contributed by atoms with Crippen LogP contribution in [0.1, 0.15) is 20.3 Å². The van der Waals surface area contributed by atoms with Crippen LogP contribution in [0.25, 0.3) is 0 Å². The number of ether oxygens (including phenoxy) is 1. The molecule has 2 saturated heterocycles. The molecule has 0 aromatic rings. The van der Waals surface area contributed by atoms with Crippen molar-refractivity contribution in [2.45, 2.75) is 26.4 Å². The molecule has 2 heterocycles. The highest BCUT2D eigenvalue weighted by Crippen LogP contribution is 2.33. The van der Waals surface area contributed by atoms with Crippen molar-refractivity contribution >= 4 is 0 Å². The Hall–Kier alpha value is -0.0800. The summed E-state index contributed by atoms with van der Waals surface area (Å²) in [4.78, 5) is 0. The molecule has 0 spiro atoms. The molecular weight excluding hydrogens is 150 g/mol. The molecule has 3 unspecified atom stereocenters. The van der Waals surface area contributed by atoms with Crippen LogP contribution in [0.15, 0.2) is 0 Å². The number of hydrogen-bond donors (Lipinski definition) is 1. The Bertz CT molecular complexity index is 154. The smallest absolute Gasteiger partial charge is 0.0640 e. The first-order valence-electron chi connectivity index (χ1n) is 5.11. The second-order valence-electron chi connectivity index (χ2n) is 4.43. The Morgan fingerprint density at radius 1 is 1.33 bits per heavy atom. The van der Waals surface area contributed by atoms with Gasteiger partial charge in [-0.1, -0.05) is 13.8 Å². The highest BCUT2D eigenvalue weighted by molar-refractivity contribution is 4.90. The van der Waals surface area contributed by atoms with Gasteiger partial charge in [0.2, 0.25) is 0 Å². The Kier molecular flexibility index (Phi) is 2.37. The van der Waals surface area contributed by atoms with Crippen LogP contribution in [0.4, 0.5) is 0 Å². The molecule has 0 bridgehead atoms. The lowest BCUT2D eigenvalue weighted by molar-refractivity contribution is -0.0928. The normalized spacial score (nSPS) is 41.8. The molecule has 1 N–H and O–H groups in total. The molecule has 2 fully saturated rings. The second kappa shape index (κ2) is 3.35. The highest BCUT2D eigenvalue weighted by atomic mass is 16.5. The van der Waals surface area contributed by atoms with Gasteiger partial charge >= 0.3 is 0 Å². The summed E-state index contributed by atoms with van der Waals surface area (Å²) in [6, 6.07) is 0. The van der Waals surface area contributed by atoms with Gasteiger partial charge in [0.15, 0.2) is 0 Å². The van der Waals surface area contributed by atoms with Crippen LogP contribution in [0.3, 0.4) is 0 Å². The first kappa shape index (κ1) is 8.52. The van der Waals surface area contributed by atoms with Gasteiger partial charge < -0.3 is 10.1 Å². The summed E-state index contributed by atoms with van der Waals surface area (Å²) >= 11 is 0. The summed E-state index contributed by atoms with van der Waals surface area (Å²) in [6.07, 6.45) is 1.86. The zero-order valence-electron chi connectivity index (χ0n) is 8.05. The van der Waals surface area contributed by atoms with Crippen LogP contribution in [0.2, 0.25) is 0 Å². The first-order chi connectivity index (χ1) is 5.79. The summed E-state index contributed by atoms with van der Waals surface area (Å²) in [5, 5.41) is 3.47. The van der Waals surface area contributed by atoms with Gasteiger partial charge in [0.1, 0.15) is 0 Å². The van der Waals surface area contributed by atoms with Crippen LogP contribution in [0.5, 0.6) is 0 Å². The van der Waals surface area contributed by atoms with E-state index in [1.54, 1.807) is 0 Å². The third-order valence-electron chi connectivity index (χ3n) is 3.38. The van der Waals surface area contributed by atoms with E-state index in [0.29, 0.717) is 6.10 Å². The molecular formula is C10H19NO. The van der Waals surface area contributed by atoms with Gasteiger partial charge in [-0.05, 0) is 24.8 Å². The van der Waals surface area contributed by atoms with Crippen molar-refractivity contribution in [3.8, 4) is 0 Å². The van der Waals surface area contributed by atoms with E-state index in [0.717, 1.165) is 24.4 Å². The van der Waals surface area contributed by atoms with Gasteiger partial charge in [-0.15, -0.1) is 0 Å². The predicted octanol–water partition coefficient (Wildman–Crippen LogP) is 1.27. The lowest BCUT2D eigenvalue weighted by Crippen LogP contribution is -2.39. The summed E-state index contributed by atoms with van der Waals surface area (Å²) < 4.78 is 5.56. The number of hydrogen-bond acceptors (Lipinski definition) is 2. The van der Waals surface area contributed by atoms with Crippen LogP contribution in [0, 0.1) is 17.8 Å². The Balaban J connectivity index is 1.93. The quantitative estimate of drug-likeness (QED) is 0.672. The summed E-state index contributed by atoms with van der Waals surface area (Å²) in [6.45, 7) is 8.01. The molecule has 2 rings (SSSR count). The Morgan fingerprint density at radius 2 is 2.08 bits per heavy atom. The molecule has 0 radical (unpaired) electrons. The van der Waals surface area contributed by atoms with E-state index in [1.165, 1.54) is 19.5 Å². The number of nitrogens with one attached hydrogen (secondary N) is 1. The lowest BCUT2D eigenvalue weighted by Gasteiger charge is -2.35. The third kappa shape index (κ3) is 1.38. The van der Waals surface area contributed by atoms with Gasteiger partial charge in [-0.3, -0.25) is 0 Å². The zero-order chi connectivity index (χ0) is 8.55. The fourth-order valence-electron chi connectivity index (χ4n) is 2.45.